The number of unbranched alkanes of at least 4 members (excludes halogenated alkanes) is 8. The topological polar surface area (TPSA) is 0 Å². The molecule has 0 aromatic heterocycles. The molecule has 1 rings (SSSR count). The lowest BCUT2D eigenvalue weighted by Crippen LogP contribution is -2.13. The van der Waals surface area contributed by atoms with E-state index in [1.807, 2.05) is 0 Å². The van der Waals surface area contributed by atoms with Crippen LogP contribution in [-0.2, 0) is 0 Å². The molecule has 26 heavy (non-hydrogen) atoms. The van der Waals surface area contributed by atoms with Gasteiger partial charge in [0.1, 0.15) is 7.28 Å². The molecular formula is C25H51B. The summed E-state index contributed by atoms with van der Waals surface area (Å²) in [5.41, 5.74) is 0. The predicted octanol–water partition coefficient (Wildman–Crippen LogP) is 9.25. The van der Waals surface area contributed by atoms with Crippen molar-refractivity contribution in [1.29, 1.82) is 0 Å². The zero-order valence-corrected chi connectivity index (χ0v) is 18.7. The second-order valence-corrected chi connectivity index (χ2v) is 9.43. The summed E-state index contributed by atoms with van der Waals surface area (Å²) in [5, 5.41) is 0. The van der Waals surface area contributed by atoms with E-state index in [0.717, 1.165) is 11.6 Å². The molecule has 1 aliphatic rings. The normalized spacial score (nSPS) is 18.5. The minimum atomic E-state index is 1.05. The molecule has 1 unspecified atom stereocenters. The van der Waals surface area contributed by atoms with Gasteiger partial charge in [0.2, 0.25) is 0 Å². The molecule has 154 valence electrons. The second kappa shape index (κ2) is 18.4. The lowest BCUT2D eigenvalue weighted by Gasteiger charge is -2.23. The largest absolute Gasteiger partial charge is 0.127 e. The number of rotatable bonds is 14. The maximum atomic E-state index is 2.34. The smallest absolute Gasteiger partial charge is 0.0654 e. The molecule has 0 aromatic carbocycles. The first kappa shape index (κ1) is 24.1. The third-order valence-electron chi connectivity index (χ3n) is 6.82. The average molecular weight is 362 g/mol. The molecule has 0 saturated heterocycles. The Balaban J connectivity index is 2.33. The van der Waals surface area contributed by atoms with Gasteiger partial charge < -0.3 is 0 Å². The van der Waals surface area contributed by atoms with Crippen molar-refractivity contribution in [3.8, 4) is 0 Å². The van der Waals surface area contributed by atoms with Crippen molar-refractivity contribution >= 4 is 7.28 Å². The van der Waals surface area contributed by atoms with Gasteiger partial charge in [0.15, 0.2) is 0 Å². The van der Waals surface area contributed by atoms with E-state index in [0.29, 0.717) is 0 Å². The van der Waals surface area contributed by atoms with Crippen LogP contribution in [0.25, 0.3) is 0 Å². The summed E-state index contributed by atoms with van der Waals surface area (Å²) in [4.78, 5) is 0. The third kappa shape index (κ3) is 14.2. The van der Waals surface area contributed by atoms with Gasteiger partial charge in [-0.3, -0.25) is 0 Å². The zero-order valence-electron chi connectivity index (χ0n) is 18.7. The second-order valence-electron chi connectivity index (χ2n) is 9.43. The highest BCUT2D eigenvalue weighted by Gasteiger charge is 2.18. The summed E-state index contributed by atoms with van der Waals surface area (Å²) in [7, 11) is 1.57. The van der Waals surface area contributed by atoms with E-state index in [9.17, 15) is 0 Å². The molecular weight excluding hydrogens is 311 g/mol. The minimum absolute atomic E-state index is 1.05. The quantitative estimate of drug-likeness (QED) is 0.213. The zero-order chi connectivity index (χ0) is 18.7. The molecule has 1 atom stereocenters. The van der Waals surface area contributed by atoms with Crippen molar-refractivity contribution in [2.75, 3.05) is 0 Å². The van der Waals surface area contributed by atoms with Crippen LogP contribution in [-0.4, -0.2) is 7.28 Å². The van der Waals surface area contributed by atoms with Crippen LogP contribution < -0.4 is 0 Å². The van der Waals surface area contributed by atoms with Gasteiger partial charge in [-0.15, -0.1) is 0 Å². The molecule has 0 heterocycles. The number of hydrogen-bond donors (Lipinski definition) is 0. The maximum Gasteiger partial charge on any atom is 0.127 e. The Labute approximate surface area is 167 Å². The summed E-state index contributed by atoms with van der Waals surface area (Å²) in [6, 6.07) is 0. The van der Waals surface area contributed by atoms with Crippen LogP contribution in [0.4, 0.5) is 0 Å². The standard InChI is InChI=1S/C25H51B/c1-3-5-7-9-13-17-21-24(20-16-8-6-4-2)26-25-22-18-14-11-10-12-15-19-23-25/h24-26H,3-23H2,1-2H3. The fraction of sp³-hybridized carbons (Fsp3) is 1.00. The van der Waals surface area contributed by atoms with Crippen LogP contribution in [0.5, 0.6) is 0 Å². The maximum absolute atomic E-state index is 2.34. The van der Waals surface area contributed by atoms with Crippen LogP contribution in [0.15, 0.2) is 0 Å². The van der Waals surface area contributed by atoms with Crippen LogP contribution >= 0.6 is 0 Å². The first-order valence-corrected chi connectivity index (χ1v) is 12.9. The van der Waals surface area contributed by atoms with E-state index in [4.69, 9.17) is 0 Å². The van der Waals surface area contributed by atoms with Crippen molar-refractivity contribution in [3.63, 3.8) is 0 Å². The molecule has 0 aliphatic heterocycles. The van der Waals surface area contributed by atoms with Crippen LogP contribution in [0.1, 0.15) is 149 Å². The average Bonchev–Trinajstić information content (AvgIpc) is 2.66. The monoisotopic (exact) mass is 362 g/mol. The molecule has 0 nitrogen and oxygen atoms in total. The summed E-state index contributed by atoms with van der Waals surface area (Å²) < 4.78 is 0. The van der Waals surface area contributed by atoms with Gasteiger partial charge in [0, 0.05) is 0 Å². The Kier molecular flexibility index (Phi) is 17.1. The Morgan fingerprint density at radius 3 is 1.54 bits per heavy atom. The van der Waals surface area contributed by atoms with Gasteiger partial charge in [-0.2, -0.15) is 0 Å². The fourth-order valence-corrected chi connectivity index (χ4v) is 5.05. The Morgan fingerprint density at radius 1 is 0.577 bits per heavy atom. The summed E-state index contributed by atoms with van der Waals surface area (Å²) in [6.07, 6.45) is 31.3. The Morgan fingerprint density at radius 2 is 1.00 bits per heavy atom. The van der Waals surface area contributed by atoms with E-state index >= 15 is 0 Å². The molecule has 1 heteroatoms. The molecule has 1 aliphatic carbocycles. The van der Waals surface area contributed by atoms with Crippen LogP contribution in [0.3, 0.4) is 0 Å². The highest BCUT2D eigenvalue weighted by atomic mass is 14.1. The SMILES string of the molecule is CCCCCCCCC(BC1CCCCCCCCC1)CCCCCC. The summed E-state index contributed by atoms with van der Waals surface area (Å²) in [5.74, 6) is 2.11. The van der Waals surface area contributed by atoms with E-state index in [-0.39, 0.29) is 0 Å². The molecule has 1 fully saturated rings. The molecule has 0 aromatic rings. The van der Waals surface area contributed by atoms with Gasteiger partial charge in [-0.1, -0.05) is 160 Å². The molecule has 0 N–H and O–H groups in total. The third-order valence-corrected chi connectivity index (χ3v) is 6.82. The summed E-state index contributed by atoms with van der Waals surface area (Å²) >= 11 is 0. The van der Waals surface area contributed by atoms with Crippen molar-refractivity contribution < 1.29 is 0 Å². The van der Waals surface area contributed by atoms with Crippen molar-refractivity contribution in [1.82, 2.24) is 0 Å². The van der Waals surface area contributed by atoms with Gasteiger partial charge in [-0.25, -0.2) is 0 Å². The molecule has 1 saturated carbocycles. The number of hydrogen-bond acceptors (Lipinski definition) is 0. The highest BCUT2D eigenvalue weighted by Crippen LogP contribution is 2.32. The minimum Gasteiger partial charge on any atom is -0.0654 e. The first-order valence-electron chi connectivity index (χ1n) is 12.9. The van der Waals surface area contributed by atoms with Crippen LogP contribution in [0, 0.1) is 0 Å². The molecule has 0 radical (unpaired) electrons. The fourth-order valence-electron chi connectivity index (χ4n) is 5.05. The Hall–Kier alpha value is 0.0649. The van der Waals surface area contributed by atoms with Gasteiger partial charge >= 0.3 is 0 Å². The van der Waals surface area contributed by atoms with E-state index in [1.54, 1.807) is 20.1 Å². The summed E-state index contributed by atoms with van der Waals surface area (Å²) in [6.45, 7) is 4.67. The van der Waals surface area contributed by atoms with Gasteiger partial charge in [0.25, 0.3) is 0 Å². The molecule has 0 amide bonds. The molecule has 0 spiro atoms. The lowest BCUT2D eigenvalue weighted by atomic mass is 9.50. The first-order chi connectivity index (χ1) is 12.9. The lowest BCUT2D eigenvalue weighted by molar-refractivity contribution is 0.492. The van der Waals surface area contributed by atoms with E-state index in [2.05, 4.69) is 13.8 Å². The molecule has 0 bridgehead atoms. The van der Waals surface area contributed by atoms with Gasteiger partial charge in [0.05, 0.1) is 0 Å². The van der Waals surface area contributed by atoms with Crippen LogP contribution in [0.2, 0.25) is 11.6 Å². The Bertz CT molecular complexity index is 265. The van der Waals surface area contributed by atoms with Crippen molar-refractivity contribution in [2.24, 2.45) is 0 Å². The highest BCUT2D eigenvalue weighted by molar-refractivity contribution is 6.39. The predicted molar refractivity (Wildman–Crippen MR) is 123 cm³/mol. The van der Waals surface area contributed by atoms with E-state index < -0.39 is 0 Å². The van der Waals surface area contributed by atoms with Gasteiger partial charge in [-0.05, 0) is 0 Å². The van der Waals surface area contributed by atoms with Crippen molar-refractivity contribution in [3.05, 3.63) is 0 Å². The van der Waals surface area contributed by atoms with Crippen molar-refractivity contribution in [2.45, 2.75) is 160 Å². The van der Waals surface area contributed by atoms with E-state index in [1.165, 1.54) is 122 Å².